The van der Waals surface area contributed by atoms with Crippen LogP contribution in [0.1, 0.15) is 39.1 Å². The van der Waals surface area contributed by atoms with Crippen LogP contribution in [0.15, 0.2) is 76.3 Å². The molecule has 3 heterocycles. The Kier molecular flexibility index (Phi) is 8.03. The topological polar surface area (TPSA) is 102 Å². The van der Waals surface area contributed by atoms with E-state index in [2.05, 4.69) is 20.6 Å². The Balaban J connectivity index is 1.25. The van der Waals surface area contributed by atoms with Gasteiger partial charge in [0.25, 0.3) is 11.8 Å². The van der Waals surface area contributed by atoms with Gasteiger partial charge in [-0.05, 0) is 41.3 Å². The first-order valence-electron chi connectivity index (χ1n) is 12.1. The highest BCUT2D eigenvalue weighted by Crippen LogP contribution is 2.34. The molecular weight excluding hydrogens is 539 g/mol. The van der Waals surface area contributed by atoms with Crippen LogP contribution in [0.3, 0.4) is 0 Å². The highest BCUT2D eigenvalue weighted by Gasteiger charge is 2.33. The van der Waals surface area contributed by atoms with Crippen LogP contribution in [-0.2, 0) is 18.4 Å². The van der Waals surface area contributed by atoms with Crippen LogP contribution in [0.4, 0.5) is 4.39 Å². The number of ether oxygens (including phenoxy) is 1. The van der Waals surface area contributed by atoms with Crippen LogP contribution in [0.25, 0.3) is 0 Å². The molecule has 1 N–H and O–H groups in total. The van der Waals surface area contributed by atoms with Crippen LogP contribution >= 0.6 is 23.1 Å². The second-order valence-electron chi connectivity index (χ2n) is 8.66. The molecule has 0 unspecified atom stereocenters. The van der Waals surface area contributed by atoms with E-state index in [-0.39, 0.29) is 36.0 Å². The van der Waals surface area contributed by atoms with Crippen molar-refractivity contribution < 1.29 is 18.7 Å². The van der Waals surface area contributed by atoms with Gasteiger partial charge in [-0.15, -0.1) is 21.5 Å². The number of halogens is 1. The Morgan fingerprint density at radius 3 is 2.67 bits per heavy atom. The quantitative estimate of drug-likeness (QED) is 0.302. The fourth-order valence-corrected chi connectivity index (χ4v) is 5.68. The van der Waals surface area contributed by atoms with Gasteiger partial charge in [0, 0.05) is 13.5 Å². The molecule has 4 aromatic rings. The molecule has 5 rings (SSSR count). The van der Waals surface area contributed by atoms with E-state index in [1.807, 2.05) is 17.5 Å². The summed E-state index contributed by atoms with van der Waals surface area (Å²) in [5.41, 5.74) is 2.06. The summed E-state index contributed by atoms with van der Waals surface area (Å²) >= 11 is 2.80. The molecule has 0 saturated heterocycles. The van der Waals surface area contributed by atoms with Gasteiger partial charge in [0.2, 0.25) is 0 Å². The number of hydrogen-bond donors (Lipinski definition) is 1. The number of carbonyl (C=O) groups excluding carboxylic acids is 2. The summed E-state index contributed by atoms with van der Waals surface area (Å²) in [5.74, 6) is 0.278. The molecule has 1 atom stereocenters. The Morgan fingerprint density at radius 1 is 1.13 bits per heavy atom. The number of carbonyl (C=O) groups is 2. The molecule has 200 valence electrons. The first-order valence-corrected chi connectivity index (χ1v) is 13.9. The molecule has 1 aliphatic heterocycles. The summed E-state index contributed by atoms with van der Waals surface area (Å²) in [6.07, 6.45) is 0.544. The minimum atomic E-state index is -0.332. The summed E-state index contributed by atoms with van der Waals surface area (Å²) in [6.45, 7) is 0.155. The lowest BCUT2D eigenvalue weighted by atomic mass is 10.0. The molecule has 0 saturated carbocycles. The van der Waals surface area contributed by atoms with Crippen molar-refractivity contribution >= 4 is 40.6 Å². The molecule has 0 radical (unpaired) electrons. The number of nitrogens with zero attached hydrogens (tertiary/aromatic N) is 5. The lowest BCUT2D eigenvalue weighted by molar-refractivity contribution is -0.130. The van der Waals surface area contributed by atoms with Gasteiger partial charge >= 0.3 is 0 Å². The van der Waals surface area contributed by atoms with E-state index in [1.165, 1.54) is 36.0 Å². The van der Waals surface area contributed by atoms with Crippen molar-refractivity contribution in [3.63, 3.8) is 0 Å². The predicted molar refractivity (Wildman–Crippen MR) is 147 cm³/mol. The molecule has 2 aromatic carbocycles. The van der Waals surface area contributed by atoms with E-state index < -0.39 is 0 Å². The van der Waals surface area contributed by atoms with Crippen molar-refractivity contribution in [2.75, 3.05) is 12.9 Å². The summed E-state index contributed by atoms with van der Waals surface area (Å²) in [7, 11) is 3.29. The Hall–Kier alpha value is -4.03. The molecule has 0 bridgehead atoms. The minimum Gasteiger partial charge on any atom is -0.496 e. The van der Waals surface area contributed by atoms with Gasteiger partial charge in [-0.25, -0.2) is 9.40 Å². The van der Waals surface area contributed by atoms with E-state index >= 15 is 0 Å². The van der Waals surface area contributed by atoms with Crippen molar-refractivity contribution in [1.82, 2.24) is 25.1 Å². The maximum absolute atomic E-state index is 13.5. The second-order valence-corrected chi connectivity index (χ2v) is 10.6. The smallest absolute Gasteiger partial charge is 0.255 e. The van der Waals surface area contributed by atoms with Crippen molar-refractivity contribution in [3.8, 4) is 5.75 Å². The average molecular weight is 565 g/mol. The Bertz CT molecular complexity index is 1500. The number of benzene rings is 2. The number of methoxy groups -OCH3 is 1. The highest BCUT2D eigenvalue weighted by atomic mass is 32.2. The number of nitrogens with one attached hydrogen (secondary N) is 1. The molecule has 0 spiro atoms. The van der Waals surface area contributed by atoms with Gasteiger partial charge in [-0.1, -0.05) is 42.1 Å². The molecule has 1 aliphatic rings. The van der Waals surface area contributed by atoms with Crippen LogP contribution in [0.2, 0.25) is 0 Å². The van der Waals surface area contributed by atoms with Gasteiger partial charge in [0.05, 0.1) is 41.6 Å². The second kappa shape index (κ2) is 11.8. The predicted octanol–water partition coefficient (Wildman–Crippen LogP) is 4.42. The third kappa shape index (κ3) is 5.86. The zero-order chi connectivity index (χ0) is 27.4. The standard InChI is InChI=1S/C27H25FN6O3S2/c1-33-24(15-29-26(36)19-6-3-4-7-22(19)37-2)30-31-27(33)39-16-25(35)34-21(17-9-11-18(28)12-10-17)14-20(32-34)23-8-5-13-38-23/h3-13,21H,14-16H2,1-2H3,(H,29,36)/t21-/m1/s1. The van der Waals surface area contributed by atoms with E-state index in [9.17, 15) is 14.0 Å². The van der Waals surface area contributed by atoms with Crippen molar-refractivity contribution in [2.45, 2.75) is 24.2 Å². The fraction of sp³-hybridized carbons (Fsp3) is 0.222. The molecule has 9 nitrogen and oxygen atoms in total. The van der Waals surface area contributed by atoms with E-state index in [0.717, 1.165) is 16.2 Å². The fourth-order valence-electron chi connectivity index (χ4n) is 4.18. The van der Waals surface area contributed by atoms with E-state index in [4.69, 9.17) is 4.74 Å². The van der Waals surface area contributed by atoms with Crippen molar-refractivity contribution in [2.24, 2.45) is 12.1 Å². The van der Waals surface area contributed by atoms with Gasteiger partial charge in [0.1, 0.15) is 11.6 Å². The zero-order valence-corrected chi connectivity index (χ0v) is 22.8. The van der Waals surface area contributed by atoms with Crippen molar-refractivity contribution in [3.05, 3.63) is 93.7 Å². The maximum Gasteiger partial charge on any atom is 0.255 e. The van der Waals surface area contributed by atoms with Crippen LogP contribution < -0.4 is 10.1 Å². The Morgan fingerprint density at radius 2 is 1.92 bits per heavy atom. The number of thioether (sulfide) groups is 1. The zero-order valence-electron chi connectivity index (χ0n) is 21.2. The molecular formula is C27H25FN6O3S2. The molecule has 0 aliphatic carbocycles. The summed E-state index contributed by atoms with van der Waals surface area (Å²) in [6, 6.07) is 16.7. The minimum absolute atomic E-state index is 0.0818. The van der Waals surface area contributed by atoms with Gasteiger partial charge in [-0.2, -0.15) is 5.10 Å². The normalized spacial score (nSPS) is 14.8. The molecule has 2 aromatic heterocycles. The van der Waals surface area contributed by atoms with Gasteiger partial charge < -0.3 is 14.6 Å². The lowest BCUT2D eigenvalue weighted by Gasteiger charge is -2.21. The van der Waals surface area contributed by atoms with E-state index in [0.29, 0.717) is 28.7 Å². The third-order valence-corrected chi connectivity index (χ3v) is 8.16. The van der Waals surface area contributed by atoms with Gasteiger partial charge in [-0.3, -0.25) is 9.59 Å². The number of amides is 2. The number of para-hydroxylation sites is 1. The summed E-state index contributed by atoms with van der Waals surface area (Å²) < 4.78 is 20.5. The maximum atomic E-state index is 13.5. The Labute approximate surface area is 232 Å². The molecule has 2 amide bonds. The molecule has 0 fully saturated rings. The summed E-state index contributed by atoms with van der Waals surface area (Å²) in [4.78, 5) is 27.0. The number of aromatic nitrogens is 3. The average Bonchev–Trinajstić information content (AvgIpc) is 3.71. The third-order valence-electron chi connectivity index (χ3n) is 6.23. The van der Waals surface area contributed by atoms with Gasteiger partial charge in [0.15, 0.2) is 11.0 Å². The number of rotatable bonds is 9. The number of thiophene rings is 1. The van der Waals surface area contributed by atoms with Crippen LogP contribution in [-0.4, -0.2) is 50.2 Å². The monoisotopic (exact) mass is 564 g/mol. The van der Waals surface area contributed by atoms with Crippen LogP contribution in [0, 0.1) is 5.82 Å². The first kappa shape index (κ1) is 26.6. The van der Waals surface area contributed by atoms with Crippen molar-refractivity contribution in [1.29, 1.82) is 0 Å². The summed E-state index contributed by atoms with van der Waals surface area (Å²) in [5, 5.41) is 19.8. The van der Waals surface area contributed by atoms with Crippen LogP contribution in [0.5, 0.6) is 5.75 Å². The van der Waals surface area contributed by atoms with E-state index in [1.54, 1.807) is 59.3 Å². The highest BCUT2D eigenvalue weighted by molar-refractivity contribution is 7.99. The SMILES string of the molecule is COc1ccccc1C(=O)NCc1nnc(SCC(=O)N2N=C(c3cccs3)C[C@@H]2c2ccc(F)cc2)n1C. The molecule has 12 heteroatoms. The number of hydrazone groups is 1. The first-order chi connectivity index (χ1) is 18.9. The molecule has 39 heavy (non-hydrogen) atoms. The largest absolute Gasteiger partial charge is 0.496 e. The number of hydrogen-bond acceptors (Lipinski definition) is 8. The lowest BCUT2D eigenvalue weighted by Crippen LogP contribution is -2.28.